The van der Waals surface area contributed by atoms with Gasteiger partial charge in [-0.3, -0.25) is 4.90 Å². The molecule has 116 valence electrons. The van der Waals surface area contributed by atoms with Crippen molar-refractivity contribution in [1.82, 2.24) is 10.2 Å². The van der Waals surface area contributed by atoms with Crippen molar-refractivity contribution in [2.24, 2.45) is 11.8 Å². The third-order valence-corrected chi connectivity index (χ3v) is 5.78. The third-order valence-electron chi connectivity index (χ3n) is 5.78. The minimum absolute atomic E-state index is 0.286. The highest BCUT2D eigenvalue weighted by atomic mass is 15.3. The van der Waals surface area contributed by atoms with Gasteiger partial charge in [0.15, 0.2) is 0 Å². The summed E-state index contributed by atoms with van der Waals surface area (Å²) >= 11 is 0. The molecule has 0 saturated carbocycles. The molecule has 3 unspecified atom stereocenters. The van der Waals surface area contributed by atoms with E-state index >= 15 is 0 Å². The van der Waals surface area contributed by atoms with E-state index in [-0.39, 0.29) is 5.54 Å². The molecule has 2 fully saturated rings. The van der Waals surface area contributed by atoms with E-state index in [0.717, 1.165) is 11.8 Å². The molecular weight excluding hydrogens is 258 g/mol. The number of fused-ring (bicyclic) bond motifs is 1. The molecule has 21 heavy (non-hydrogen) atoms. The second-order valence-electron chi connectivity index (χ2n) is 7.49. The summed E-state index contributed by atoms with van der Waals surface area (Å²) in [5.41, 5.74) is 2.99. The van der Waals surface area contributed by atoms with E-state index in [2.05, 4.69) is 74.2 Å². The van der Waals surface area contributed by atoms with E-state index in [4.69, 9.17) is 0 Å². The van der Waals surface area contributed by atoms with Crippen LogP contribution < -0.4 is 10.2 Å². The Kier molecular flexibility index (Phi) is 3.74. The summed E-state index contributed by atoms with van der Waals surface area (Å²) in [4.78, 5) is 4.87. The van der Waals surface area contributed by atoms with E-state index in [0.29, 0.717) is 6.04 Å². The van der Waals surface area contributed by atoms with Gasteiger partial charge >= 0.3 is 0 Å². The van der Waals surface area contributed by atoms with Crippen LogP contribution in [0.3, 0.4) is 0 Å². The Labute approximate surface area is 129 Å². The van der Waals surface area contributed by atoms with Crippen LogP contribution in [0.25, 0.3) is 0 Å². The lowest BCUT2D eigenvalue weighted by Gasteiger charge is -2.40. The lowest BCUT2D eigenvalue weighted by molar-refractivity contribution is 0.0971. The number of nitrogens with zero attached hydrogens (tertiary/aromatic N) is 2. The van der Waals surface area contributed by atoms with Crippen molar-refractivity contribution in [3.8, 4) is 0 Å². The summed E-state index contributed by atoms with van der Waals surface area (Å²) < 4.78 is 0. The standard InChI is InChI=1S/C18H29N3/c1-13(14-6-8-16(9-7-14)20(4)5)21-12-15-10-19-11-17(15)18(21,2)3/h6-9,13,15,17,19H,10-12H2,1-5H3. The van der Waals surface area contributed by atoms with Crippen LogP contribution in [0.1, 0.15) is 32.4 Å². The minimum atomic E-state index is 0.286. The highest BCUT2D eigenvalue weighted by Gasteiger charge is 2.50. The molecule has 2 heterocycles. The maximum atomic E-state index is 3.57. The first-order chi connectivity index (χ1) is 9.91. The maximum absolute atomic E-state index is 3.57. The van der Waals surface area contributed by atoms with Gasteiger partial charge in [-0.25, -0.2) is 0 Å². The summed E-state index contributed by atoms with van der Waals surface area (Å²) in [7, 11) is 4.19. The zero-order chi connectivity index (χ0) is 15.2. The van der Waals surface area contributed by atoms with Crippen molar-refractivity contribution in [3.05, 3.63) is 29.8 Å². The normalized spacial score (nSPS) is 29.4. The van der Waals surface area contributed by atoms with Crippen molar-refractivity contribution in [1.29, 1.82) is 0 Å². The van der Waals surface area contributed by atoms with Gasteiger partial charge in [-0.2, -0.15) is 0 Å². The lowest BCUT2D eigenvalue weighted by atomic mass is 9.84. The largest absolute Gasteiger partial charge is 0.378 e. The molecule has 2 aliphatic rings. The van der Waals surface area contributed by atoms with Gasteiger partial charge in [0.05, 0.1) is 0 Å². The Hall–Kier alpha value is -1.06. The predicted molar refractivity (Wildman–Crippen MR) is 89.8 cm³/mol. The minimum Gasteiger partial charge on any atom is -0.378 e. The van der Waals surface area contributed by atoms with Crippen LogP contribution in [0.15, 0.2) is 24.3 Å². The molecule has 3 heteroatoms. The van der Waals surface area contributed by atoms with Gasteiger partial charge in [-0.15, -0.1) is 0 Å². The quantitative estimate of drug-likeness (QED) is 0.922. The summed E-state index contributed by atoms with van der Waals surface area (Å²) in [6.07, 6.45) is 0. The molecule has 0 amide bonds. The van der Waals surface area contributed by atoms with E-state index in [1.807, 2.05) is 0 Å². The molecule has 1 aromatic rings. The Bertz CT molecular complexity index is 492. The first-order valence-corrected chi connectivity index (χ1v) is 8.16. The van der Waals surface area contributed by atoms with Crippen LogP contribution in [-0.4, -0.2) is 44.2 Å². The number of likely N-dealkylation sites (tertiary alicyclic amines) is 1. The number of nitrogens with one attached hydrogen (secondary N) is 1. The number of rotatable bonds is 3. The Morgan fingerprint density at radius 1 is 1.19 bits per heavy atom. The second-order valence-corrected chi connectivity index (χ2v) is 7.49. The van der Waals surface area contributed by atoms with Gasteiger partial charge in [-0.1, -0.05) is 12.1 Å². The predicted octanol–water partition coefficient (Wildman–Crippen LogP) is 2.74. The summed E-state index contributed by atoms with van der Waals surface area (Å²) in [5, 5.41) is 3.57. The first-order valence-electron chi connectivity index (χ1n) is 8.16. The summed E-state index contributed by atoms with van der Waals surface area (Å²) in [5.74, 6) is 1.62. The molecular formula is C18H29N3. The fourth-order valence-corrected chi connectivity index (χ4v) is 4.34. The zero-order valence-electron chi connectivity index (χ0n) is 14.1. The Balaban J connectivity index is 1.80. The monoisotopic (exact) mass is 287 g/mol. The van der Waals surface area contributed by atoms with Crippen LogP contribution >= 0.6 is 0 Å². The zero-order valence-corrected chi connectivity index (χ0v) is 14.1. The SMILES string of the molecule is CC(c1ccc(N(C)C)cc1)N1CC2CNCC2C1(C)C. The molecule has 0 radical (unpaired) electrons. The molecule has 2 aliphatic heterocycles. The molecule has 3 atom stereocenters. The van der Waals surface area contributed by atoms with Gasteiger partial charge in [-0.05, 0) is 56.8 Å². The summed E-state index contributed by atoms with van der Waals surface area (Å²) in [6, 6.07) is 9.54. The van der Waals surface area contributed by atoms with Gasteiger partial charge in [0, 0.05) is 44.5 Å². The number of benzene rings is 1. The highest BCUT2D eigenvalue weighted by molar-refractivity contribution is 5.46. The van der Waals surface area contributed by atoms with Gasteiger partial charge in [0.1, 0.15) is 0 Å². The van der Waals surface area contributed by atoms with E-state index in [1.165, 1.54) is 30.9 Å². The molecule has 3 rings (SSSR count). The number of anilines is 1. The van der Waals surface area contributed by atoms with Crippen molar-refractivity contribution in [2.75, 3.05) is 38.6 Å². The van der Waals surface area contributed by atoms with Crippen LogP contribution in [0.5, 0.6) is 0 Å². The molecule has 0 aromatic heterocycles. The number of hydrogen-bond donors (Lipinski definition) is 1. The van der Waals surface area contributed by atoms with Crippen LogP contribution in [0.2, 0.25) is 0 Å². The van der Waals surface area contributed by atoms with E-state index < -0.39 is 0 Å². The first kappa shape index (κ1) is 14.9. The average Bonchev–Trinajstić information content (AvgIpc) is 3.01. The van der Waals surface area contributed by atoms with Crippen molar-refractivity contribution in [3.63, 3.8) is 0 Å². The van der Waals surface area contributed by atoms with Gasteiger partial charge < -0.3 is 10.2 Å². The Morgan fingerprint density at radius 3 is 2.43 bits per heavy atom. The van der Waals surface area contributed by atoms with Crippen LogP contribution in [-0.2, 0) is 0 Å². The fourth-order valence-electron chi connectivity index (χ4n) is 4.34. The maximum Gasteiger partial charge on any atom is 0.0361 e. The van der Waals surface area contributed by atoms with Gasteiger partial charge in [0.25, 0.3) is 0 Å². The Morgan fingerprint density at radius 2 is 1.86 bits per heavy atom. The summed E-state index contributed by atoms with van der Waals surface area (Å²) in [6.45, 7) is 10.8. The lowest BCUT2D eigenvalue weighted by Crippen LogP contribution is -2.45. The fraction of sp³-hybridized carbons (Fsp3) is 0.667. The molecule has 0 spiro atoms. The molecule has 1 N–H and O–H groups in total. The van der Waals surface area contributed by atoms with Crippen molar-refractivity contribution in [2.45, 2.75) is 32.4 Å². The average molecular weight is 287 g/mol. The number of hydrogen-bond acceptors (Lipinski definition) is 3. The van der Waals surface area contributed by atoms with Crippen molar-refractivity contribution < 1.29 is 0 Å². The highest BCUT2D eigenvalue weighted by Crippen LogP contribution is 2.44. The molecule has 2 saturated heterocycles. The smallest absolute Gasteiger partial charge is 0.0361 e. The molecule has 0 bridgehead atoms. The van der Waals surface area contributed by atoms with E-state index in [9.17, 15) is 0 Å². The molecule has 1 aromatic carbocycles. The second kappa shape index (κ2) is 5.29. The molecule has 0 aliphatic carbocycles. The van der Waals surface area contributed by atoms with Gasteiger partial charge in [0.2, 0.25) is 0 Å². The van der Waals surface area contributed by atoms with Crippen molar-refractivity contribution >= 4 is 5.69 Å². The van der Waals surface area contributed by atoms with Crippen LogP contribution in [0, 0.1) is 11.8 Å². The van der Waals surface area contributed by atoms with E-state index in [1.54, 1.807) is 0 Å². The molecule has 3 nitrogen and oxygen atoms in total. The van der Waals surface area contributed by atoms with Crippen LogP contribution in [0.4, 0.5) is 5.69 Å². The third kappa shape index (κ3) is 2.47. The topological polar surface area (TPSA) is 18.5 Å².